The Morgan fingerprint density at radius 3 is 2.94 bits per heavy atom. The van der Waals surface area contributed by atoms with Crippen molar-refractivity contribution in [2.45, 2.75) is 38.6 Å². The molecule has 100 valence electrons. The van der Waals surface area contributed by atoms with Crippen LogP contribution in [0.4, 0.5) is 11.5 Å². The fourth-order valence-electron chi connectivity index (χ4n) is 2.34. The smallest absolute Gasteiger partial charge is 0.127 e. The predicted molar refractivity (Wildman–Crippen MR) is 75.1 cm³/mol. The summed E-state index contributed by atoms with van der Waals surface area (Å²) >= 11 is 0. The predicted octanol–water partition coefficient (Wildman–Crippen LogP) is 2.25. The molecule has 1 aromatic rings. The van der Waals surface area contributed by atoms with Gasteiger partial charge in [-0.1, -0.05) is 0 Å². The number of aliphatic hydroxyl groups excluding tert-OH is 1. The van der Waals surface area contributed by atoms with Gasteiger partial charge in [0.15, 0.2) is 0 Å². The van der Waals surface area contributed by atoms with Crippen LogP contribution in [0.15, 0.2) is 18.3 Å². The van der Waals surface area contributed by atoms with E-state index in [0.29, 0.717) is 6.04 Å². The third-order valence-corrected chi connectivity index (χ3v) is 3.51. The quantitative estimate of drug-likeness (QED) is 0.778. The van der Waals surface area contributed by atoms with E-state index in [9.17, 15) is 0 Å². The molecule has 0 aromatic carbocycles. The van der Waals surface area contributed by atoms with Gasteiger partial charge in [-0.05, 0) is 38.7 Å². The average molecular weight is 249 g/mol. The summed E-state index contributed by atoms with van der Waals surface area (Å²) in [6.45, 7) is 4.14. The Balaban J connectivity index is 2.10. The van der Waals surface area contributed by atoms with Crippen LogP contribution in [0.3, 0.4) is 0 Å². The molecule has 0 bridgehead atoms. The topological polar surface area (TPSA) is 48.4 Å². The van der Waals surface area contributed by atoms with Crippen molar-refractivity contribution in [2.24, 2.45) is 0 Å². The van der Waals surface area contributed by atoms with Crippen LogP contribution in [0.25, 0.3) is 0 Å². The van der Waals surface area contributed by atoms with Gasteiger partial charge >= 0.3 is 0 Å². The van der Waals surface area contributed by atoms with Crippen LogP contribution in [0.1, 0.15) is 32.6 Å². The summed E-state index contributed by atoms with van der Waals surface area (Å²) in [6.07, 6.45) is 6.55. The molecule has 2 rings (SSSR count). The Hall–Kier alpha value is -1.29. The normalized spacial score (nSPS) is 15.2. The third kappa shape index (κ3) is 3.13. The molecular weight excluding hydrogens is 226 g/mol. The lowest BCUT2D eigenvalue weighted by molar-refractivity contribution is 0.283. The first kappa shape index (κ1) is 13.1. The first-order chi connectivity index (χ1) is 8.85. The molecule has 18 heavy (non-hydrogen) atoms. The van der Waals surface area contributed by atoms with Crippen molar-refractivity contribution in [1.82, 2.24) is 4.98 Å². The van der Waals surface area contributed by atoms with Crippen LogP contribution >= 0.6 is 0 Å². The molecule has 1 fully saturated rings. The Morgan fingerprint density at radius 2 is 2.33 bits per heavy atom. The molecule has 1 aromatic heterocycles. The minimum atomic E-state index is 0.258. The van der Waals surface area contributed by atoms with Crippen LogP contribution in [-0.2, 0) is 0 Å². The molecule has 1 saturated carbocycles. The summed E-state index contributed by atoms with van der Waals surface area (Å²) in [7, 11) is 0. The van der Waals surface area contributed by atoms with Crippen LogP contribution in [0.2, 0.25) is 0 Å². The van der Waals surface area contributed by atoms with Crippen molar-refractivity contribution in [2.75, 3.05) is 29.9 Å². The molecule has 0 aliphatic heterocycles. The van der Waals surface area contributed by atoms with Gasteiger partial charge in [0.25, 0.3) is 0 Å². The molecule has 1 aliphatic rings. The van der Waals surface area contributed by atoms with E-state index in [1.807, 2.05) is 6.20 Å². The highest BCUT2D eigenvalue weighted by Gasteiger charge is 2.24. The summed E-state index contributed by atoms with van der Waals surface area (Å²) in [6, 6.07) is 4.82. The van der Waals surface area contributed by atoms with E-state index in [4.69, 9.17) is 5.11 Å². The highest BCUT2D eigenvalue weighted by Crippen LogP contribution is 2.30. The number of nitrogens with zero attached hydrogens (tertiary/aromatic N) is 2. The Kier molecular flexibility index (Phi) is 4.81. The summed E-state index contributed by atoms with van der Waals surface area (Å²) in [5.74, 6) is 0.934. The van der Waals surface area contributed by atoms with E-state index in [1.54, 1.807) is 0 Å². The summed E-state index contributed by atoms with van der Waals surface area (Å²) in [5.41, 5.74) is 1.22. The van der Waals surface area contributed by atoms with Crippen molar-refractivity contribution < 1.29 is 5.11 Å². The second-order valence-electron chi connectivity index (χ2n) is 4.78. The van der Waals surface area contributed by atoms with Crippen LogP contribution < -0.4 is 10.2 Å². The zero-order chi connectivity index (χ0) is 12.8. The SMILES string of the molecule is CCNc1cc(N(CCCO)C2CCC2)ccn1. The average Bonchev–Trinajstić information content (AvgIpc) is 2.33. The monoisotopic (exact) mass is 249 g/mol. The number of hydrogen-bond acceptors (Lipinski definition) is 4. The van der Waals surface area contributed by atoms with Crippen molar-refractivity contribution in [3.63, 3.8) is 0 Å². The van der Waals surface area contributed by atoms with Gasteiger partial charge in [0.1, 0.15) is 5.82 Å². The fourth-order valence-corrected chi connectivity index (χ4v) is 2.34. The van der Waals surface area contributed by atoms with Crippen molar-refractivity contribution in [3.05, 3.63) is 18.3 Å². The Morgan fingerprint density at radius 1 is 1.50 bits per heavy atom. The van der Waals surface area contributed by atoms with E-state index in [0.717, 1.165) is 25.3 Å². The molecule has 4 nitrogen and oxygen atoms in total. The molecule has 1 heterocycles. The maximum Gasteiger partial charge on any atom is 0.127 e. The number of hydrogen-bond donors (Lipinski definition) is 2. The van der Waals surface area contributed by atoms with E-state index in [-0.39, 0.29) is 6.61 Å². The fraction of sp³-hybridized carbons (Fsp3) is 0.643. The van der Waals surface area contributed by atoms with E-state index < -0.39 is 0 Å². The third-order valence-electron chi connectivity index (χ3n) is 3.51. The van der Waals surface area contributed by atoms with Crippen LogP contribution in [0.5, 0.6) is 0 Å². The van der Waals surface area contributed by atoms with Gasteiger partial charge in [0, 0.05) is 43.7 Å². The number of nitrogens with one attached hydrogen (secondary N) is 1. The van der Waals surface area contributed by atoms with Crippen LogP contribution in [0, 0.1) is 0 Å². The van der Waals surface area contributed by atoms with Gasteiger partial charge in [0.2, 0.25) is 0 Å². The number of aliphatic hydroxyl groups is 1. The highest BCUT2D eigenvalue weighted by molar-refractivity contribution is 5.54. The summed E-state index contributed by atoms with van der Waals surface area (Å²) in [5, 5.41) is 12.3. The number of aromatic nitrogens is 1. The molecule has 0 spiro atoms. The molecule has 0 radical (unpaired) electrons. The Bertz CT molecular complexity index is 366. The zero-order valence-electron chi connectivity index (χ0n) is 11.1. The summed E-state index contributed by atoms with van der Waals surface area (Å²) in [4.78, 5) is 6.73. The summed E-state index contributed by atoms with van der Waals surface area (Å²) < 4.78 is 0. The second kappa shape index (κ2) is 6.59. The number of rotatable bonds is 7. The van der Waals surface area contributed by atoms with Gasteiger partial charge < -0.3 is 15.3 Å². The molecule has 0 atom stereocenters. The molecule has 0 amide bonds. The first-order valence-electron chi connectivity index (χ1n) is 6.92. The highest BCUT2D eigenvalue weighted by atomic mass is 16.3. The molecule has 2 N–H and O–H groups in total. The molecule has 0 saturated heterocycles. The van der Waals surface area contributed by atoms with Crippen molar-refractivity contribution >= 4 is 11.5 Å². The zero-order valence-corrected chi connectivity index (χ0v) is 11.1. The largest absolute Gasteiger partial charge is 0.396 e. The van der Waals surface area contributed by atoms with Crippen molar-refractivity contribution in [1.29, 1.82) is 0 Å². The minimum absolute atomic E-state index is 0.258. The van der Waals surface area contributed by atoms with Gasteiger partial charge in [-0.25, -0.2) is 4.98 Å². The maximum absolute atomic E-state index is 9.02. The molecule has 1 aliphatic carbocycles. The van der Waals surface area contributed by atoms with Gasteiger partial charge in [0.05, 0.1) is 0 Å². The standard InChI is InChI=1S/C14H23N3O/c1-2-15-14-11-13(7-8-16-14)17(9-4-10-18)12-5-3-6-12/h7-8,11-12,18H,2-6,9-10H2,1H3,(H,15,16). The lowest BCUT2D eigenvalue weighted by Gasteiger charge is -2.39. The lowest BCUT2D eigenvalue weighted by atomic mass is 9.91. The molecule has 4 heteroatoms. The van der Waals surface area contributed by atoms with Gasteiger partial charge in [-0.2, -0.15) is 0 Å². The van der Waals surface area contributed by atoms with Gasteiger partial charge in [-0.15, -0.1) is 0 Å². The Labute approximate surface area is 109 Å². The van der Waals surface area contributed by atoms with E-state index in [1.165, 1.54) is 24.9 Å². The number of anilines is 2. The minimum Gasteiger partial charge on any atom is -0.396 e. The van der Waals surface area contributed by atoms with E-state index >= 15 is 0 Å². The molecule has 0 unspecified atom stereocenters. The number of pyridine rings is 1. The van der Waals surface area contributed by atoms with Gasteiger partial charge in [-0.3, -0.25) is 0 Å². The maximum atomic E-state index is 9.02. The van der Waals surface area contributed by atoms with Crippen molar-refractivity contribution in [3.8, 4) is 0 Å². The second-order valence-corrected chi connectivity index (χ2v) is 4.78. The lowest BCUT2D eigenvalue weighted by Crippen LogP contribution is -2.41. The first-order valence-corrected chi connectivity index (χ1v) is 6.92. The van der Waals surface area contributed by atoms with Crippen LogP contribution in [-0.4, -0.2) is 35.8 Å². The van der Waals surface area contributed by atoms with E-state index in [2.05, 4.69) is 34.3 Å². The molecular formula is C14H23N3O.